The third kappa shape index (κ3) is 6.48. The fourth-order valence-electron chi connectivity index (χ4n) is 2.26. The van der Waals surface area contributed by atoms with Gasteiger partial charge in [0.25, 0.3) is 0 Å². The van der Waals surface area contributed by atoms with Crippen LogP contribution in [0.5, 0.6) is 0 Å². The Kier molecular flexibility index (Phi) is 8.38. The molecule has 1 rings (SSSR count). The summed E-state index contributed by atoms with van der Waals surface area (Å²) in [5.41, 5.74) is 5.83. The zero-order valence-electron chi connectivity index (χ0n) is 14.4. The van der Waals surface area contributed by atoms with Crippen molar-refractivity contribution in [2.24, 2.45) is 4.99 Å². The highest BCUT2D eigenvalue weighted by Gasteiger charge is 2.03. The predicted molar refractivity (Wildman–Crippen MR) is 105 cm³/mol. The summed E-state index contributed by atoms with van der Waals surface area (Å²) >= 11 is 0. The molecule has 0 fully saturated rings. The van der Waals surface area contributed by atoms with Crippen molar-refractivity contribution >= 4 is 11.8 Å². The lowest BCUT2D eigenvalue weighted by atomic mass is 9.95. The van der Waals surface area contributed by atoms with Gasteiger partial charge in [0.2, 0.25) is 0 Å². The zero-order valence-corrected chi connectivity index (χ0v) is 14.4. The number of benzene rings is 1. The first-order valence-electron chi connectivity index (χ1n) is 7.93. The smallest absolute Gasteiger partial charge is 0.0273 e. The lowest BCUT2D eigenvalue weighted by molar-refractivity contribution is 1.02. The zero-order chi connectivity index (χ0) is 17.1. The van der Waals surface area contributed by atoms with Crippen molar-refractivity contribution in [2.45, 2.75) is 26.2 Å². The van der Waals surface area contributed by atoms with Crippen LogP contribution in [0.3, 0.4) is 0 Å². The molecule has 0 heterocycles. The molecule has 1 nitrogen and oxygen atoms in total. The number of hydrogen-bond acceptors (Lipinski definition) is 1. The molecule has 0 aliphatic rings. The Hall–Kier alpha value is -2.41. The first-order chi connectivity index (χ1) is 11.1. The van der Waals surface area contributed by atoms with Crippen molar-refractivity contribution in [3.05, 3.63) is 90.6 Å². The largest absolute Gasteiger partial charge is 0.301 e. The van der Waals surface area contributed by atoms with Crippen LogP contribution in [0.4, 0.5) is 0 Å². The van der Waals surface area contributed by atoms with E-state index < -0.39 is 0 Å². The second-order valence-corrected chi connectivity index (χ2v) is 5.41. The van der Waals surface area contributed by atoms with Gasteiger partial charge in [-0.2, -0.15) is 0 Å². The second kappa shape index (κ2) is 10.3. The summed E-state index contributed by atoms with van der Waals surface area (Å²) in [5, 5.41) is 0. The molecule has 0 aromatic heterocycles. The molecule has 0 spiro atoms. The van der Waals surface area contributed by atoms with E-state index in [1.807, 2.05) is 25.3 Å². The molecule has 1 aromatic carbocycles. The van der Waals surface area contributed by atoms with Crippen LogP contribution in [0.1, 0.15) is 30.9 Å². The Bertz CT molecular complexity index is 624. The summed E-state index contributed by atoms with van der Waals surface area (Å²) in [6.07, 6.45) is 12.5. The second-order valence-electron chi connectivity index (χ2n) is 5.41. The van der Waals surface area contributed by atoms with Crippen molar-refractivity contribution in [2.75, 3.05) is 7.05 Å². The Labute approximate surface area is 141 Å². The van der Waals surface area contributed by atoms with Gasteiger partial charge in [-0.3, -0.25) is 0 Å². The minimum atomic E-state index is 0.874. The average Bonchev–Trinajstić information content (AvgIpc) is 2.57. The van der Waals surface area contributed by atoms with Gasteiger partial charge in [0.15, 0.2) is 0 Å². The van der Waals surface area contributed by atoms with Crippen molar-refractivity contribution < 1.29 is 0 Å². The topological polar surface area (TPSA) is 12.4 Å². The van der Waals surface area contributed by atoms with Gasteiger partial charge in [-0.1, -0.05) is 68.3 Å². The molecule has 0 N–H and O–H groups in total. The minimum absolute atomic E-state index is 0.874. The van der Waals surface area contributed by atoms with E-state index in [1.54, 1.807) is 13.1 Å². The van der Waals surface area contributed by atoms with E-state index >= 15 is 0 Å². The fourth-order valence-corrected chi connectivity index (χ4v) is 2.26. The minimum Gasteiger partial charge on any atom is -0.301 e. The molecule has 0 unspecified atom stereocenters. The van der Waals surface area contributed by atoms with Crippen LogP contribution in [0.25, 0.3) is 5.57 Å². The highest BCUT2D eigenvalue weighted by Crippen LogP contribution is 2.24. The van der Waals surface area contributed by atoms with Crippen LogP contribution >= 0.6 is 0 Å². The van der Waals surface area contributed by atoms with E-state index in [-0.39, 0.29) is 0 Å². The Morgan fingerprint density at radius 3 is 2.39 bits per heavy atom. The standard InChI is InChI=1S/C22H27N/c1-6-8-21(9-7-2)18(3)10-11-19(4)22-14-12-20(13-15-22)16-17-23-5/h6-9,12-15,17H,1,3-4,10-11,16H2,2,5H3/b9-7-,21-8+,23-17?. The Morgan fingerprint density at radius 1 is 1.13 bits per heavy atom. The normalized spacial score (nSPS) is 12.0. The summed E-state index contributed by atoms with van der Waals surface area (Å²) < 4.78 is 0. The van der Waals surface area contributed by atoms with E-state index in [1.165, 1.54) is 11.1 Å². The third-order valence-corrected chi connectivity index (χ3v) is 3.65. The van der Waals surface area contributed by atoms with Crippen molar-refractivity contribution in [3.8, 4) is 0 Å². The maximum absolute atomic E-state index is 4.21. The maximum atomic E-state index is 4.21. The van der Waals surface area contributed by atoms with Gasteiger partial charge in [-0.05, 0) is 47.6 Å². The molecule has 1 aromatic rings. The highest BCUT2D eigenvalue weighted by molar-refractivity contribution is 5.66. The summed E-state index contributed by atoms with van der Waals surface area (Å²) in [5.74, 6) is 0. The molecule has 120 valence electrons. The van der Waals surface area contributed by atoms with Crippen LogP contribution in [0.15, 0.2) is 84.4 Å². The van der Waals surface area contributed by atoms with E-state index in [0.717, 1.165) is 36.0 Å². The monoisotopic (exact) mass is 305 g/mol. The lowest BCUT2D eigenvalue weighted by Crippen LogP contribution is -1.91. The van der Waals surface area contributed by atoms with Gasteiger partial charge in [-0.15, -0.1) is 0 Å². The van der Waals surface area contributed by atoms with Crippen LogP contribution in [0, 0.1) is 0 Å². The fraction of sp³-hybridized carbons (Fsp3) is 0.227. The SMILES string of the molecule is C=C/C=C(\C=C/C)C(=C)CCC(=C)c1ccc(CC=NC)cc1. The van der Waals surface area contributed by atoms with E-state index in [0.29, 0.717) is 0 Å². The summed E-state index contributed by atoms with van der Waals surface area (Å²) in [6.45, 7) is 14.2. The van der Waals surface area contributed by atoms with Gasteiger partial charge in [0.1, 0.15) is 0 Å². The molecule has 0 aliphatic heterocycles. The first kappa shape index (κ1) is 18.6. The Balaban J connectivity index is 2.64. The molecule has 0 bridgehead atoms. The summed E-state index contributed by atoms with van der Waals surface area (Å²) in [7, 11) is 1.80. The summed E-state index contributed by atoms with van der Waals surface area (Å²) in [6, 6.07) is 8.55. The average molecular weight is 305 g/mol. The quantitative estimate of drug-likeness (QED) is 0.394. The van der Waals surface area contributed by atoms with Crippen molar-refractivity contribution in [1.29, 1.82) is 0 Å². The maximum Gasteiger partial charge on any atom is 0.0273 e. The molecule has 23 heavy (non-hydrogen) atoms. The lowest BCUT2D eigenvalue weighted by Gasteiger charge is -2.10. The number of allylic oxidation sites excluding steroid dienone is 7. The number of rotatable bonds is 9. The van der Waals surface area contributed by atoms with E-state index in [4.69, 9.17) is 0 Å². The van der Waals surface area contributed by atoms with Crippen LogP contribution in [0.2, 0.25) is 0 Å². The van der Waals surface area contributed by atoms with Gasteiger partial charge in [0.05, 0.1) is 0 Å². The molecule has 0 saturated carbocycles. The van der Waals surface area contributed by atoms with E-state index in [2.05, 4.69) is 55.1 Å². The number of hydrogen-bond donors (Lipinski definition) is 0. The summed E-state index contributed by atoms with van der Waals surface area (Å²) in [4.78, 5) is 4.01. The molecule has 0 amide bonds. The van der Waals surface area contributed by atoms with Crippen LogP contribution < -0.4 is 0 Å². The first-order valence-corrected chi connectivity index (χ1v) is 7.93. The van der Waals surface area contributed by atoms with Gasteiger partial charge < -0.3 is 4.99 Å². The van der Waals surface area contributed by atoms with Crippen molar-refractivity contribution in [3.63, 3.8) is 0 Å². The Morgan fingerprint density at radius 2 is 1.83 bits per heavy atom. The van der Waals surface area contributed by atoms with Gasteiger partial charge in [0, 0.05) is 19.7 Å². The van der Waals surface area contributed by atoms with Crippen molar-refractivity contribution in [1.82, 2.24) is 0 Å². The van der Waals surface area contributed by atoms with E-state index in [9.17, 15) is 0 Å². The number of nitrogens with zero attached hydrogens (tertiary/aromatic N) is 1. The predicted octanol–water partition coefficient (Wildman–Crippen LogP) is 5.97. The number of aliphatic imine (C=N–C) groups is 1. The molecule has 0 radical (unpaired) electrons. The van der Waals surface area contributed by atoms with Crippen LogP contribution in [-0.2, 0) is 6.42 Å². The van der Waals surface area contributed by atoms with Gasteiger partial charge >= 0.3 is 0 Å². The highest BCUT2D eigenvalue weighted by atomic mass is 14.6. The van der Waals surface area contributed by atoms with Gasteiger partial charge in [-0.25, -0.2) is 0 Å². The molecule has 0 saturated heterocycles. The molecule has 1 heteroatoms. The molecule has 0 atom stereocenters. The molecule has 0 aliphatic carbocycles. The molecular formula is C22H27N. The molecular weight excluding hydrogens is 278 g/mol. The van der Waals surface area contributed by atoms with Crippen LogP contribution in [-0.4, -0.2) is 13.3 Å². The third-order valence-electron chi connectivity index (χ3n) is 3.65.